The maximum Gasteiger partial charge on any atom is 0.412 e. The summed E-state index contributed by atoms with van der Waals surface area (Å²) in [7, 11) is 0. The third-order valence-electron chi connectivity index (χ3n) is 4.09. The van der Waals surface area contributed by atoms with Crippen molar-refractivity contribution in [3.63, 3.8) is 0 Å². The summed E-state index contributed by atoms with van der Waals surface area (Å²) in [5.41, 5.74) is 1.44. The molecule has 3 rings (SSSR count). The van der Waals surface area contributed by atoms with Crippen LogP contribution in [0.1, 0.15) is 38.1 Å². The van der Waals surface area contributed by atoms with Crippen LogP contribution in [0.15, 0.2) is 60.0 Å². The number of thiophene rings is 1. The van der Waals surface area contributed by atoms with E-state index in [1.165, 1.54) is 19.1 Å². The first-order valence-electron chi connectivity index (χ1n) is 9.88. The number of amides is 2. The van der Waals surface area contributed by atoms with E-state index in [1.54, 1.807) is 56.4 Å². The number of ether oxygens (including phenoxy) is 2. The molecule has 0 saturated carbocycles. The van der Waals surface area contributed by atoms with E-state index in [2.05, 4.69) is 10.6 Å². The van der Waals surface area contributed by atoms with Crippen molar-refractivity contribution in [1.82, 2.24) is 0 Å². The van der Waals surface area contributed by atoms with Gasteiger partial charge in [0.2, 0.25) is 0 Å². The van der Waals surface area contributed by atoms with E-state index in [1.807, 2.05) is 23.6 Å². The third kappa shape index (κ3) is 6.42. The molecule has 7 nitrogen and oxygen atoms in total. The predicted octanol–water partition coefficient (Wildman–Crippen LogP) is 5.94. The fourth-order valence-corrected chi connectivity index (χ4v) is 3.53. The number of rotatable bonds is 5. The number of benzene rings is 2. The molecule has 8 heteroatoms. The van der Waals surface area contributed by atoms with Gasteiger partial charge in [0.25, 0.3) is 5.91 Å². The highest BCUT2D eigenvalue weighted by Crippen LogP contribution is 2.32. The van der Waals surface area contributed by atoms with Crippen LogP contribution in [0.4, 0.5) is 16.2 Å². The smallest absolute Gasteiger partial charge is 0.412 e. The third-order valence-corrected chi connectivity index (χ3v) is 5.01. The van der Waals surface area contributed by atoms with Gasteiger partial charge in [0.15, 0.2) is 0 Å². The summed E-state index contributed by atoms with van der Waals surface area (Å²) in [5.74, 6) is -0.471. The summed E-state index contributed by atoms with van der Waals surface area (Å²) in [6.07, 6.45) is -0.623. The van der Waals surface area contributed by atoms with E-state index in [9.17, 15) is 14.4 Å². The van der Waals surface area contributed by atoms with Crippen LogP contribution in [0.25, 0.3) is 10.4 Å². The number of nitrogens with one attached hydrogen (secondary N) is 2. The molecule has 0 aliphatic carbocycles. The molecular weight excluding hydrogens is 428 g/mol. The van der Waals surface area contributed by atoms with Gasteiger partial charge in [-0.15, -0.1) is 11.3 Å². The lowest BCUT2D eigenvalue weighted by Gasteiger charge is -2.21. The van der Waals surface area contributed by atoms with Crippen LogP contribution in [0, 0.1) is 0 Å². The lowest BCUT2D eigenvalue weighted by molar-refractivity contribution is -0.131. The molecule has 2 amide bonds. The van der Waals surface area contributed by atoms with E-state index in [0.29, 0.717) is 22.7 Å². The zero-order valence-electron chi connectivity index (χ0n) is 18.2. The van der Waals surface area contributed by atoms with Gasteiger partial charge in [-0.1, -0.05) is 12.1 Å². The van der Waals surface area contributed by atoms with Crippen molar-refractivity contribution in [2.24, 2.45) is 0 Å². The fourth-order valence-electron chi connectivity index (χ4n) is 2.80. The first-order chi connectivity index (χ1) is 15.1. The highest BCUT2D eigenvalue weighted by atomic mass is 32.1. The Balaban J connectivity index is 1.86. The van der Waals surface area contributed by atoms with E-state index >= 15 is 0 Å². The maximum absolute atomic E-state index is 12.9. The summed E-state index contributed by atoms with van der Waals surface area (Å²) in [5, 5.41) is 7.51. The molecule has 0 saturated heterocycles. The van der Waals surface area contributed by atoms with Gasteiger partial charge in [0, 0.05) is 17.4 Å². The molecule has 1 heterocycles. The SMILES string of the molecule is CC(=O)Oc1ccc(C(=O)Nc2cc(-c3cccs3)ccc2NC(=O)OC(C)(C)C)cc1. The normalized spacial score (nSPS) is 10.9. The van der Waals surface area contributed by atoms with Gasteiger partial charge in [-0.05, 0) is 74.2 Å². The molecule has 0 unspecified atom stereocenters. The van der Waals surface area contributed by atoms with Crippen molar-refractivity contribution in [2.45, 2.75) is 33.3 Å². The molecule has 2 N–H and O–H groups in total. The molecule has 1 aromatic heterocycles. The van der Waals surface area contributed by atoms with Gasteiger partial charge in [0.05, 0.1) is 11.4 Å². The number of anilines is 2. The molecule has 0 atom stereocenters. The zero-order chi connectivity index (χ0) is 23.3. The van der Waals surface area contributed by atoms with Crippen molar-refractivity contribution >= 4 is 40.7 Å². The largest absolute Gasteiger partial charge is 0.444 e. The average molecular weight is 453 g/mol. The quantitative estimate of drug-likeness (QED) is 0.369. The standard InChI is InChI=1S/C24H24N2O5S/c1-15(27)30-18-10-7-16(8-11-18)22(28)25-20-14-17(21-6-5-13-32-21)9-12-19(20)26-23(29)31-24(2,3)4/h5-14H,1-4H3,(H,25,28)(H,26,29). The number of hydrogen-bond donors (Lipinski definition) is 2. The number of esters is 1. The van der Waals surface area contributed by atoms with Crippen LogP contribution in [-0.2, 0) is 9.53 Å². The van der Waals surface area contributed by atoms with Crippen LogP contribution >= 0.6 is 11.3 Å². The Morgan fingerprint density at radius 3 is 2.22 bits per heavy atom. The molecule has 32 heavy (non-hydrogen) atoms. The summed E-state index contributed by atoms with van der Waals surface area (Å²) in [4.78, 5) is 37.2. The summed E-state index contributed by atoms with van der Waals surface area (Å²) >= 11 is 1.57. The second kappa shape index (κ2) is 9.65. The molecule has 0 fully saturated rings. The predicted molar refractivity (Wildman–Crippen MR) is 125 cm³/mol. The highest BCUT2D eigenvalue weighted by molar-refractivity contribution is 7.13. The lowest BCUT2D eigenvalue weighted by atomic mass is 10.1. The fraction of sp³-hybridized carbons (Fsp3) is 0.208. The average Bonchev–Trinajstić information content (AvgIpc) is 3.22. The second-order valence-corrected chi connectivity index (χ2v) is 8.88. The molecule has 2 aromatic carbocycles. The summed E-state index contributed by atoms with van der Waals surface area (Å²) in [6.45, 7) is 6.62. The van der Waals surface area contributed by atoms with Crippen molar-refractivity contribution < 1.29 is 23.9 Å². The minimum Gasteiger partial charge on any atom is -0.444 e. The Kier molecular flexibility index (Phi) is 6.95. The monoisotopic (exact) mass is 452 g/mol. The van der Waals surface area contributed by atoms with Gasteiger partial charge in [-0.25, -0.2) is 4.79 Å². The molecule has 0 aliphatic heterocycles. The number of carbonyl (C=O) groups excluding carboxylic acids is 3. The zero-order valence-corrected chi connectivity index (χ0v) is 19.0. The van der Waals surface area contributed by atoms with Gasteiger partial charge in [0.1, 0.15) is 11.4 Å². The summed E-state index contributed by atoms with van der Waals surface area (Å²) < 4.78 is 10.3. The van der Waals surface area contributed by atoms with Crippen molar-refractivity contribution in [3.8, 4) is 16.2 Å². The minimum atomic E-state index is -0.659. The Morgan fingerprint density at radius 2 is 1.62 bits per heavy atom. The van der Waals surface area contributed by atoms with Crippen molar-refractivity contribution in [1.29, 1.82) is 0 Å². The molecule has 0 bridgehead atoms. The van der Waals surface area contributed by atoms with Gasteiger partial charge in [-0.3, -0.25) is 14.9 Å². The van der Waals surface area contributed by atoms with Crippen LogP contribution in [-0.4, -0.2) is 23.6 Å². The Hall–Kier alpha value is -3.65. The van der Waals surface area contributed by atoms with Crippen LogP contribution in [0.3, 0.4) is 0 Å². The molecule has 166 valence electrons. The molecule has 0 spiro atoms. The number of carbonyl (C=O) groups is 3. The summed E-state index contributed by atoms with van der Waals surface area (Å²) in [6, 6.07) is 15.5. The van der Waals surface area contributed by atoms with Gasteiger partial charge < -0.3 is 14.8 Å². The van der Waals surface area contributed by atoms with Crippen molar-refractivity contribution in [3.05, 3.63) is 65.5 Å². The second-order valence-electron chi connectivity index (χ2n) is 7.94. The Bertz CT molecular complexity index is 1120. The lowest BCUT2D eigenvalue weighted by Crippen LogP contribution is -2.27. The van der Waals surface area contributed by atoms with Gasteiger partial charge in [-0.2, -0.15) is 0 Å². The van der Waals surface area contributed by atoms with E-state index < -0.39 is 17.7 Å². The maximum atomic E-state index is 12.9. The number of hydrogen-bond acceptors (Lipinski definition) is 6. The Labute approximate surface area is 190 Å². The minimum absolute atomic E-state index is 0.348. The molecule has 0 radical (unpaired) electrons. The molecule has 3 aromatic rings. The van der Waals surface area contributed by atoms with Crippen LogP contribution in [0.2, 0.25) is 0 Å². The van der Waals surface area contributed by atoms with E-state index in [4.69, 9.17) is 9.47 Å². The molecule has 0 aliphatic rings. The van der Waals surface area contributed by atoms with E-state index in [0.717, 1.165) is 10.4 Å². The highest BCUT2D eigenvalue weighted by Gasteiger charge is 2.19. The van der Waals surface area contributed by atoms with Crippen LogP contribution in [0.5, 0.6) is 5.75 Å². The first-order valence-corrected chi connectivity index (χ1v) is 10.8. The van der Waals surface area contributed by atoms with Crippen molar-refractivity contribution in [2.75, 3.05) is 10.6 Å². The topological polar surface area (TPSA) is 93.7 Å². The van der Waals surface area contributed by atoms with E-state index in [-0.39, 0.29) is 5.91 Å². The Morgan fingerprint density at radius 1 is 0.906 bits per heavy atom. The van der Waals surface area contributed by atoms with Gasteiger partial charge >= 0.3 is 12.1 Å². The molecular formula is C24H24N2O5S. The first kappa shape index (κ1) is 23.0. The van der Waals surface area contributed by atoms with Crippen LogP contribution < -0.4 is 15.4 Å².